The lowest BCUT2D eigenvalue weighted by atomic mass is 9.79. The van der Waals surface area contributed by atoms with Crippen LogP contribution in [0.1, 0.15) is 55.3 Å². The Labute approximate surface area is 207 Å². The summed E-state index contributed by atoms with van der Waals surface area (Å²) in [6.07, 6.45) is 3.89. The number of nitrogens with one attached hydrogen (secondary N) is 1. The van der Waals surface area contributed by atoms with Crippen molar-refractivity contribution in [2.45, 2.75) is 56.5 Å². The van der Waals surface area contributed by atoms with Crippen molar-refractivity contribution in [3.8, 4) is 0 Å². The van der Waals surface area contributed by atoms with Crippen molar-refractivity contribution in [2.24, 2.45) is 0 Å². The number of fused-ring (bicyclic) bond motifs is 1. The van der Waals surface area contributed by atoms with E-state index in [1.807, 2.05) is 19.1 Å². The van der Waals surface area contributed by atoms with Gasteiger partial charge in [-0.25, -0.2) is 0 Å². The highest BCUT2D eigenvalue weighted by atomic mass is 16.2. The zero-order valence-electron chi connectivity index (χ0n) is 20.6. The van der Waals surface area contributed by atoms with Crippen molar-refractivity contribution in [2.75, 3.05) is 25.0 Å². The van der Waals surface area contributed by atoms with E-state index in [1.165, 1.54) is 21.9 Å². The molecule has 2 amide bonds. The fraction of sp³-hybridized carbons (Fsp3) is 0.400. The van der Waals surface area contributed by atoms with Crippen LogP contribution in [0.25, 0.3) is 10.8 Å². The van der Waals surface area contributed by atoms with Crippen LogP contribution in [-0.4, -0.2) is 42.9 Å². The molecule has 0 aromatic heterocycles. The van der Waals surface area contributed by atoms with Gasteiger partial charge in [-0.1, -0.05) is 54.6 Å². The summed E-state index contributed by atoms with van der Waals surface area (Å²) >= 11 is 0. The van der Waals surface area contributed by atoms with E-state index in [0.717, 1.165) is 43.6 Å². The minimum absolute atomic E-state index is 0.0177. The van der Waals surface area contributed by atoms with Crippen molar-refractivity contribution in [3.05, 3.63) is 77.4 Å². The molecule has 1 saturated heterocycles. The number of nitrogens with zero attached hydrogens (tertiary/aromatic N) is 2. The maximum atomic E-state index is 13.9. The lowest BCUT2D eigenvalue weighted by Crippen LogP contribution is -2.50. The van der Waals surface area contributed by atoms with Crippen LogP contribution in [0, 0.1) is 0 Å². The first-order chi connectivity index (χ1) is 17.0. The number of rotatable bonds is 5. The number of benzene rings is 3. The number of hydrogen-bond donors (Lipinski definition) is 1. The lowest BCUT2D eigenvalue weighted by molar-refractivity contribution is -0.124. The van der Waals surface area contributed by atoms with Crippen LogP contribution in [0.3, 0.4) is 0 Å². The molecule has 35 heavy (non-hydrogen) atoms. The number of para-hydroxylation sites is 1. The maximum Gasteiger partial charge on any atom is 0.237 e. The quantitative estimate of drug-likeness (QED) is 0.590. The summed E-state index contributed by atoms with van der Waals surface area (Å²) in [5.41, 5.74) is 4.37. The zero-order chi connectivity index (χ0) is 24.2. The Morgan fingerprint density at radius 2 is 1.77 bits per heavy atom. The Hall–Kier alpha value is -3.18. The van der Waals surface area contributed by atoms with Gasteiger partial charge < -0.3 is 10.2 Å². The molecule has 2 aliphatic heterocycles. The fourth-order valence-electron chi connectivity index (χ4n) is 6.73. The van der Waals surface area contributed by atoms with Gasteiger partial charge in [-0.2, -0.15) is 0 Å². The van der Waals surface area contributed by atoms with Gasteiger partial charge in [0, 0.05) is 44.3 Å². The van der Waals surface area contributed by atoms with Gasteiger partial charge >= 0.3 is 0 Å². The van der Waals surface area contributed by atoms with E-state index < -0.39 is 5.41 Å². The molecule has 3 aromatic rings. The zero-order valence-corrected chi connectivity index (χ0v) is 20.6. The highest BCUT2D eigenvalue weighted by molar-refractivity contribution is 6.08. The van der Waals surface area contributed by atoms with Gasteiger partial charge in [-0.3, -0.25) is 14.5 Å². The maximum absolute atomic E-state index is 13.9. The smallest absolute Gasteiger partial charge is 0.237 e. The van der Waals surface area contributed by atoms with Gasteiger partial charge in [-0.15, -0.1) is 0 Å². The average molecular weight is 468 g/mol. The largest absolute Gasteiger partial charge is 0.359 e. The second-order valence-electron chi connectivity index (χ2n) is 10.5. The predicted octanol–water partition coefficient (Wildman–Crippen LogP) is 4.73. The first-order valence-corrected chi connectivity index (χ1v) is 12.9. The Morgan fingerprint density at radius 1 is 1.03 bits per heavy atom. The fourth-order valence-corrected chi connectivity index (χ4v) is 6.73. The third kappa shape index (κ3) is 3.48. The molecule has 5 heteroatoms. The van der Waals surface area contributed by atoms with E-state index in [-0.39, 0.29) is 17.9 Å². The number of hydrogen-bond acceptors (Lipinski definition) is 3. The molecule has 2 atom stereocenters. The number of piperidine rings is 1. The Bertz CT molecular complexity index is 1300. The molecule has 5 nitrogen and oxygen atoms in total. The van der Waals surface area contributed by atoms with E-state index in [1.54, 1.807) is 7.05 Å². The second kappa shape index (κ2) is 8.49. The Morgan fingerprint density at radius 3 is 2.54 bits per heavy atom. The molecule has 6 rings (SSSR count). The monoisotopic (exact) mass is 467 g/mol. The summed E-state index contributed by atoms with van der Waals surface area (Å²) in [5, 5.41) is 5.48. The minimum atomic E-state index is -0.650. The summed E-state index contributed by atoms with van der Waals surface area (Å²) < 4.78 is 0. The van der Waals surface area contributed by atoms with Crippen molar-refractivity contribution >= 4 is 28.3 Å². The van der Waals surface area contributed by atoms with Crippen LogP contribution in [-0.2, 0) is 21.4 Å². The van der Waals surface area contributed by atoms with Gasteiger partial charge in [0.1, 0.15) is 0 Å². The Kier molecular flexibility index (Phi) is 5.41. The molecule has 2 heterocycles. The van der Waals surface area contributed by atoms with Crippen LogP contribution < -0.4 is 10.2 Å². The van der Waals surface area contributed by atoms with Gasteiger partial charge in [-0.05, 0) is 66.1 Å². The van der Waals surface area contributed by atoms with E-state index in [0.29, 0.717) is 18.9 Å². The number of likely N-dealkylation sites (tertiary alicyclic amines) is 1. The van der Waals surface area contributed by atoms with E-state index in [4.69, 9.17) is 0 Å². The number of amides is 2. The summed E-state index contributed by atoms with van der Waals surface area (Å²) in [7, 11) is 1.65. The highest BCUT2D eigenvalue weighted by Crippen LogP contribution is 2.47. The third-order valence-electron chi connectivity index (χ3n) is 8.68. The van der Waals surface area contributed by atoms with Crippen molar-refractivity contribution in [3.63, 3.8) is 0 Å². The number of carbonyl (C=O) groups is 2. The standard InChI is InChI=1S/C30H33N3O2/c1-30(16-13-27(34)31-2)24-11-3-4-12-25(24)33(29(30)35)22-14-17-32(18-15-22)26-19-21-9-5-7-20-8-6-10-23(26)28(20)21/h3-12,22,26H,13-19H2,1-2H3,(H,31,34). The van der Waals surface area contributed by atoms with E-state index >= 15 is 0 Å². The van der Waals surface area contributed by atoms with Gasteiger partial charge in [0.2, 0.25) is 11.8 Å². The molecule has 3 aromatic carbocycles. The molecule has 0 spiro atoms. The molecule has 180 valence electrons. The van der Waals surface area contributed by atoms with Crippen LogP contribution >= 0.6 is 0 Å². The topological polar surface area (TPSA) is 52.7 Å². The van der Waals surface area contributed by atoms with Crippen molar-refractivity contribution in [1.82, 2.24) is 10.2 Å². The molecule has 3 aliphatic rings. The molecule has 1 fully saturated rings. The van der Waals surface area contributed by atoms with Crippen LogP contribution in [0.2, 0.25) is 0 Å². The lowest BCUT2D eigenvalue weighted by Gasteiger charge is -2.40. The highest BCUT2D eigenvalue weighted by Gasteiger charge is 2.49. The summed E-state index contributed by atoms with van der Waals surface area (Å²) in [4.78, 5) is 30.6. The van der Waals surface area contributed by atoms with Gasteiger partial charge in [0.05, 0.1) is 5.41 Å². The molecule has 2 unspecified atom stereocenters. The SMILES string of the molecule is CNC(=O)CCC1(C)C(=O)N(C2CCN(C3Cc4cccc5cccc3c45)CC2)c2ccccc21. The summed E-state index contributed by atoms with van der Waals surface area (Å²) in [6, 6.07) is 22.2. The molecule has 1 aliphatic carbocycles. The third-order valence-corrected chi connectivity index (χ3v) is 8.68. The Balaban J connectivity index is 1.21. The number of anilines is 1. The van der Waals surface area contributed by atoms with Crippen LogP contribution in [0.15, 0.2) is 60.7 Å². The summed E-state index contributed by atoms with van der Waals surface area (Å²) in [6.45, 7) is 3.99. The number of carbonyl (C=O) groups excluding carboxylic acids is 2. The van der Waals surface area contributed by atoms with E-state index in [2.05, 4.69) is 63.6 Å². The molecule has 0 bridgehead atoms. The molecular weight excluding hydrogens is 434 g/mol. The van der Waals surface area contributed by atoms with Gasteiger partial charge in [0.15, 0.2) is 0 Å². The normalized spacial score (nSPS) is 24.2. The molecule has 0 radical (unpaired) electrons. The summed E-state index contributed by atoms with van der Waals surface area (Å²) in [5.74, 6) is 0.134. The second-order valence-corrected chi connectivity index (χ2v) is 10.5. The average Bonchev–Trinajstić information content (AvgIpc) is 3.38. The molecule has 1 N–H and O–H groups in total. The van der Waals surface area contributed by atoms with Crippen LogP contribution in [0.5, 0.6) is 0 Å². The van der Waals surface area contributed by atoms with E-state index in [9.17, 15) is 9.59 Å². The first kappa shape index (κ1) is 22.3. The van der Waals surface area contributed by atoms with Crippen LogP contribution in [0.4, 0.5) is 5.69 Å². The van der Waals surface area contributed by atoms with Crippen molar-refractivity contribution < 1.29 is 9.59 Å². The predicted molar refractivity (Wildman–Crippen MR) is 140 cm³/mol. The van der Waals surface area contributed by atoms with Gasteiger partial charge in [0.25, 0.3) is 0 Å². The minimum Gasteiger partial charge on any atom is -0.359 e. The molecular formula is C30H33N3O2. The first-order valence-electron chi connectivity index (χ1n) is 12.9. The molecule has 0 saturated carbocycles. The van der Waals surface area contributed by atoms with Crippen molar-refractivity contribution in [1.29, 1.82) is 0 Å².